The first-order chi connectivity index (χ1) is 11.0. The molecule has 0 bridgehead atoms. The largest absolute Gasteiger partial charge is 0.356 e. The number of hydrogen-bond acceptors (Lipinski definition) is 8. The Morgan fingerprint density at radius 1 is 1.26 bits per heavy atom. The molecule has 0 aliphatic carbocycles. The van der Waals surface area contributed by atoms with Crippen LogP contribution in [0.15, 0.2) is 35.5 Å². The topological polar surface area (TPSA) is 129 Å². The summed E-state index contributed by atoms with van der Waals surface area (Å²) in [5.74, 6) is 0. The van der Waals surface area contributed by atoms with Gasteiger partial charge in [0.15, 0.2) is 6.29 Å². The van der Waals surface area contributed by atoms with Gasteiger partial charge in [-0.05, 0) is 12.1 Å². The van der Waals surface area contributed by atoms with E-state index < -0.39 is 15.5 Å². The maximum atomic E-state index is 10.9. The van der Waals surface area contributed by atoms with Crippen molar-refractivity contribution in [1.82, 2.24) is 0 Å². The number of non-ortho nitro benzene ring substituents is 1. The Kier molecular flexibility index (Phi) is 7.30. The highest BCUT2D eigenvalue weighted by Crippen LogP contribution is 2.28. The Morgan fingerprint density at radius 3 is 2.52 bits per heavy atom. The van der Waals surface area contributed by atoms with Crippen LogP contribution in [0.1, 0.15) is 6.42 Å². The van der Waals surface area contributed by atoms with Gasteiger partial charge in [-0.25, -0.2) is 0 Å². The number of nitro groups is 2. The monoisotopic (exact) mass is 324 g/mol. The summed E-state index contributed by atoms with van der Waals surface area (Å²) in [6.45, 7) is 0. The zero-order valence-corrected chi connectivity index (χ0v) is 12.5. The van der Waals surface area contributed by atoms with Crippen LogP contribution in [-0.4, -0.2) is 36.6 Å². The maximum Gasteiger partial charge on any atom is 0.301 e. The summed E-state index contributed by atoms with van der Waals surface area (Å²) in [6, 6.07) is 3.25. The Hall–Kier alpha value is -2.85. The first-order valence-electron chi connectivity index (χ1n) is 6.42. The summed E-state index contributed by atoms with van der Waals surface area (Å²) >= 11 is 0. The minimum atomic E-state index is -0.720. The quantitative estimate of drug-likeness (QED) is 0.319. The first kappa shape index (κ1) is 18.2. The number of hydrazone groups is 1. The summed E-state index contributed by atoms with van der Waals surface area (Å²) in [5, 5.41) is 25.3. The van der Waals surface area contributed by atoms with Gasteiger partial charge in [-0.3, -0.25) is 25.7 Å². The lowest BCUT2D eigenvalue weighted by atomic mass is 10.2. The second kappa shape index (κ2) is 9.23. The minimum Gasteiger partial charge on any atom is -0.356 e. The number of nitro benzene ring substituents is 2. The molecule has 0 amide bonds. The van der Waals surface area contributed by atoms with E-state index in [0.717, 1.165) is 12.1 Å². The van der Waals surface area contributed by atoms with Crippen molar-refractivity contribution in [2.75, 3.05) is 19.6 Å². The average Bonchev–Trinajstić information content (AvgIpc) is 2.54. The zero-order chi connectivity index (χ0) is 17.2. The molecule has 1 N–H and O–H groups in total. The van der Waals surface area contributed by atoms with Gasteiger partial charge in [-0.1, -0.05) is 6.08 Å². The molecule has 1 aromatic carbocycles. The van der Waals surface area contributed by atoms with Crippen molar-refractivity contribution in [3.63, 3.8) is 0 Å². The van der Waals surface area contributed by atoms with Crippen LogP contribution in [0.3, 0.4) is 0 Å². The molecule has 0 heterocycles. The molecule has 1 aromatic rings. The van der Waals surface area contributed by atoms with E-state index in [1.54, 1.807) is 12.2 Å². The van der Waals surface area contributed by atoms with Crippen molar-refractivity contribution in [3.05, 3.63) is 50.6 Å². The molecule has 0 saturated heterocycles. The number of rotatable bonds is 9. The minimum absolute atomic E-state index is 0.0527. The highest BCUT2D eigenvalue weighted by atomic mass is 16.7. The number of hydrogen-bond donors (Lipinski definition) is 1. The molecule has 0 unspecified atom stereocenters. The Balaban J connectivity index is 2.70. The van der Waals surface area contributed by atoms with Crippen LogP contribution in [0.4, 0.5) is 17.1 Å². The maximum absolute atomic E-state index is 10.9. The molecule has 0 aromatic heterocycles. The standard InChI is InChI=1S/C13H16N4O6/c1-22-13(23-2)5-3-4-8-14-15-11-7-6-10(16(18)19)9-12(11)17(20)21/h3-4,6-9,13,15H,5H2,1-2H3. The highest BCUT2D eigenvalue weighted by Gasteiger charge is 2.18. The van der Waals surface area contributed by atoms with Crippen molar-refractivity contribution in [1.29, 1.82) is 0 Å². The number of allylic oxidation sites excluding steroid dienone is 1. The van der Waals surface area contributed by atoms with Crippen molar-refractivity contribution >= 4 is 23.3 Å². The van der Waals surface area contributed by atoms with Crippen molar-refractivity contribution in [2.24, 2.45) is 5.10 Å². The second-order valence-corrected chi connectivity index (χ2v) is 4.17. The molecule has 23 heavy (non-hydrogen) atoms. The lowest BCUT2D eigenvalue weighted by Crippen LogP contribution is -2.10. The Labute approximate surface area is 131 Å². The molecular weight excluding hydrogens is 308 g/mol. The van der Waals surface area contributed by atoms with Gasteiger partial charge in [0.05, 0.1) is 15.9 Å². The normalized spacial score (nSPS) is 11.4. The van der Waals surface area contributed by atoms with E-state index in [-0.39, 0.29) is 17.7 Å². The van der Waals surface area contributed by atoms with Gasteiger partial charge in [0.1, 0.15) is 5.69 Å². The van der Waals surface area contributed by atoms with Gasteiger partial charge in [0.2, 0.25) is 0 Å². The Bertz CT molecular complexity index is 612. The molecular formula is C13H16N4O6. The lowest BCUT2D eigenvalue weighted by molar-refractivity contribution is -0.393. The molecule has 0 spiro atoms. The van der Waals surface area contributed by atoms with E-state index in [1.807, 2.05) is 0 Å². The smallest absolute Gasteiger partial charge is 0.301 e. The van der Waals surface area contributed by atoms with Crippen molar-refractivity contribution in [2.45, 2.75) is 12.7 Å². The molecule has 10 heteroatoms. The molecule has 0 fully saturated rings. The van der Waals surface area contributed by atoms with Crippen LogP contribution >= 0.6 is 0 Å². The van der Waals surface area contributed by atoms with Gasteiger partial charge in [-0.2, -0.15) is 5.10 Å². The Morgan fingerprint density at radius 2 is 1.96 bits per heavy atom. The molecule has 10 nitrogen and oxygen atoms in total. The molecule has 1 rings (SSSR count). The summed E-state index contributed by atoms with van der Waals surface area (Å²) < 4.78 is 9.97. The number of anilines is 1. The third-order valence-electron chi connectivity index (χ3n) is 2.72. The van der Waals surface area contributed by atoms with Crippen molar-refractivity contribution < 1.29 is 19.3 Å². The van der Waals surface area contributed by atoms with Crippen LogP contribution in [0, 0.1) is 20.2 Å². The van der Waals surface area contributed by atoms with E-state index in [2.05, 4.69) is 10.5 Å². The molecule has 0 aliphatic rings. The van der Waals surface area contributed by atoms with E-state index in [9.17, 15) is 20.2 Å². The lowest BCUT2D eigenvalue weighted by Gasteiger charge is -2.09. The number of ether oxygens (including phenoxy) is 2. The van der Waals surface area contributed by atoms with Crippen LogP contribution in [0.2, 0.25) is 0 Å². The third kappa shape index (κ3) is 5.80. The van der Waals surface area contributed by atoms with E-state index >= 15 is 0 Å². The second-order valence-electron chi connectivity index (χ2n) is 4.17. The molecule has 0 aliphatic heterocycles. The summed E-state index contributed by atoms with van der Waals surface area (Å²) in [5.41, 5.74) is 1.73. The summed E-state index contributed by atoms with van der Waals surface area (Å²) in [7, 11) is 3.04. The van der Waals surface area contributed by atoms with Crippen LogP contribution in [0.5, 0.6) is 0 Å². The van der Waals surface area contributed by atoms with E-state index in [0.29, 0.717) is 6.42 Å². The first-order valence-corrected chi connectivity index (χ1v) is 6.42. The number of benzene rings is 1. The van der Waals surface area contributed by atoms with Crippen molar-refractivity contribution in [3.8, 4) is 0 Å². The van der Waals surface area contributed by atoms with Gasteiger partial charge in [-0.15, -0.1) is 0 Å². The van der Waals surface area contributed by atoms with E-state index in [4.69, 9.17) is 9.47 Å². The number of methoxy groups -OCH3 is 2. The summed E-state index contributed by atoms with van der Waals surface area (Å²) in [4.78, 5) is 20.1. The van der Waals surface area contributed by atoms with Gasteiger partial charge in [0, 0.05) is 32.9 Å². The van der Waals surface area contributed by atoms with Crippen LogP contribution in [0.25, 0.3) is 0 Å². The fourth-order valence-corrected chi connectivity index (χ4v) is 1.57. The molecule has 124 valence electrons. The molecule has 0 atom stereocenters. The predicted molar refractivity (Wildman–Crippen MR) is 83.4 cm³/mol. The average molecular weight is 324 g/mol. The zero-order valence-electron chi connectivity index (χ0n) is 12.5. The predicted octanol–water partition coefficient (Wildman–Crippen LogP) is 2.47. The van der Waals surface area contributed by atoms with E-state index in [1.165, 1.54) is 26.5 Å². The third-order valence-corrected chi connectivity index (χ3v) is 2.72. The summed E-state index contributed by atoms with van der Waals surface area (Å²) in [6.07, 6.45) is 4.88. The number of nitrogens with zero attached hydrogens (tertiary/aromatic N) is 3. The molecule has 0 saturated carbocycles. The number of nitrogens with one attached hydrogen (secondary N) is 1. The highest BCUT2D eigenvalue weighted by molar-refractivity contribution is 5.73. The van der Waals surface area contributed by atoms with Gasteiger partial charge < -0.3 is 9.47 Å². The van der Waals surface area contributed by atoms with Crippen LogP contribution in [-0.2, 0) is 9.47 Å². The molecule has 0 radical (unpaired) electrons. The van der Waals surface area contributed by atoms with Gasteiger partial charge in [0.25, 0.3) is 5.69 Å². The fraction of sp³-hybridized carbons (Fsp3) is 0.308. The fourth-order valence-electron chi connectivity index (χ4n) is 1.57. The van der Waals surface area contributed by atoms with Gasteiger partial charge >= 0.3 is 5.69 Å². The van der Waals surface area contributed by atoms with Crippen LogP contribution < -0.4 is 5.43 Å². The SMILES string of the molecule is COC(CC=CC=NNc1ccc([N+](=O)[O-])cc1[N+](=O)[O-])OC.